The van der Waals surface area contributed by atoms with Crippen molar-refractivity contribution in [2.45, 2.75) is 32.7 Å². The van der Waals surface area contributed by atoms with Gasteiger partial charge in [0.2, 0.25) is 11.0 Å². The van der Waals surface area contributed by atoms with Gasteiger partial charge in [-0.15, -0.1) is 18.3 Å². The summed E-state index contributed by atoms with van der Waals surface area (Å²) in [6.45, 7) is 4.34. The molecule has 1 aliphatic rings. The molecule has 0 radical (unpaired) electrons. The SMILES string of the molecule is CC(C)c1ccc(N(C)C)cc1N1C(=O)CS/C1=N\C(=S)NOCc1ccc(-c2ncn(-c3ccc(OC(F)(F)F)cc3)n2)cc1. The smallest absolute Gasteiger partial charge is 0.406 e. The molecule has 1 fully saturated rings. The van der Waals surface area contributed by atoms with E-state index in [9.17, 15) is 18.0 Å². The van der Waals surface area contributed by atoms with Crippen molar-refractivity contribution in [1.29, 1.82) is 0 Å². The van der Waals surface area contributed by atoms with E-state index in [1.165, 1.54) is 47.0 Å². The van der Waals surface area contributed by atoms with Crippen LogP contribution in [0, 0.1) is 0 Å². The number of halogens is 3. The van der Waals surface area contributed by atoms with Gasteiger partial charge < -0.3 is 9.64 Å². The van der Waals surface area contributed by atoms with Crippen LogP contribution in [0.2, 0.25) is 0 Å². The predicted molar refractivity (Wildman–Crippen MR) is 176 cm³/mol. The highest BCUT2D eigenvalue weighted by Gasteiger charge is 2.33. The molecular weight excluding hydrogens is 640 g/mol. The van der Waals surface area contributed by atoms with Gasteiger partial charge in [-0.05, 0) is 65.7 Å². The monoisotopic (exact) mass is 669 g/mol. The van der Waals surface area contributed by atoms with Crippen molar-refractivity contribution in [3.05, 3.63) is 84.2 Å². The lowest BCUT2D eigenvalue weighted by molar-refractivity contribution is -0.274. The molecule has 1 saturated heterocycles. The van der Waals surface area contributed by atoms with Crippen LogP contribution in [0.15, 0.2) is 78.0 Å². The molecule has 15 heteroatoms. The van der Waals surface area contributed by atoms with Crippen molar-refractivity contribution in [2.75, 3.05) is 29.6 Å². The van der Waals surface area contributed by atoms with Gasteiger partial charge in [0.1, 0.15) is 12.1 Å². The number of ether oxygens (including phenoxy) is 1. The zero-order chi connectivity index (χ0) is 33.0. The fourth-order valence-corrected chi connectivity index (χ4v) is 5.60. The fourth-order valence-electron chi connectivity index (χ4n) is 4.53. The van der Waals surface area contributed by atoms with Crippen LogP contribution < -0.4 is 20.0 Å². The van der Waals surface area contributed by atoms with Crippen molar-refractivity contribution in [3.63, 3.8) is 0 Å². The first-order chi connectivity index (χ1) is 21.9. The number of carbonyl (C=O) groups is 1. The molecule has 5 rings (SSSR count). The van der Waals surface area contributed by atoms with E-state index >= 15 is 0 Å². The molecule has 0 spiro atoms. The van der Waals surface area contributed by atoms with Crippen LogP contribution >= 0.6 is 24.0 Å². The number of hydrogen-bond donors (Lipinski definition) is 1. The maximum atomic E-state index is 12.9. The molecule has 2 heterocycles. The third kappa shape index (κ3) is 8.02. The average Bonchev–Trinajstić information content (AvgIpc) is 3.64. The van der Waals surface area contributed by atoms with E-state index in [0.717, 1.165) is 28.1 Å². The number of aromatic nitrogens is 3. The molecule has 1 aromatic heterocycles. The van der Waals surface area contributed by atoms with E-state index in [4.69, 9.17) is 17.1 Å². The molecule has 0 atom stereocenters. The van der Waals surface area contributed by atoms with Gasteiger partial charge in [-0.25, -0.2) is 15.1 Å². The number of alkyl halides is 3. The topological polar surface area (TPSA) is 97.1 Å². The number of nitrogens with zero attached hydrogens (tertiary/aromatic N) is 6. The molecule has 0 bridgehead atoms. The summed E-state index contributed by atoms with van der Waals surface area (Å²) in [6.07, 6.45) is -3.29. The summed E-state index contributed by atoms with van der Waals surface area (Å²) in [4.78, 5) is 30.9. The number of carbonyl (C=O) groups excluding carboxylic acids is 1. The third-order valence-corrected chi connectivity index (χ3v) is 7.89. The molecule has 4 aromatic rings. The molecule has 10 nitrogen and oxygen atoms in total. The quantitative estimate of drug-likeness (QED) is 0.159. The molecule has 1 amide bonds. The Morgan fingerprint density at radius 1 is 1.11 bits per heavy atom. The largest absolute Gasteiger partial charge is 0.573 e. The van der Waals surface area contributed by atoms with Crippen LogP contribution in [0.3, 0.4) is 0 Å². The van der Waals surface area contributed by atoms with Crippen LogP contribution in [0.25, 0.3) is 17.1 Å². The lowest BCUT2D eigenvalue weighted by Gasteiger charge is -2.24. The van der Waals surface area contributed by atoms with Gasteiger partial charge >= 0.3 is 6.36 Å². The molecule has 3 aromatic carbocycles. The third-order valence-electron chi connectivity index (χ3n) is 6.79. The Kier molecular flexibility index (Phi) is 9.94. The minimum Gasteiger partial charge on any atom is -0.406 e. The summed E-state index contributed by atoms with van der Waals surface area (Å²) in [5, 5.41) is 4.98. The van der Waals surface area contributed by atoms with Gasteiger partial charge in [0.05, 0.1) is 23.7 Å². The number of thioether (sulfide) groups is 1. The Hall–Kier alpha value is -4.47. The second kappa shape index (κ2) is 13.9. The Balaban J connectivity index is 1.19. The summed E-state index contributed by atoms with van der Waals surface area (Å²) in [5.74, 6) is 0.493. The van der Waals surface area contributed by atoms with Gasteiger partial charge in [0.15, 0.2) is 11.0 Å². The van der Waals surface area contributed by atoms with Crippen LogP contribution in [0.4, 0.5) is 24.5 Å². The Morgan fingerprint density at radius 2 is 1.83 bits per heavy atom. The Morgan fingerprint density at radius 3 is 2.48 bits per heavy atom. The van der Waals surface area contributed by atoms with E-state index in [0.29, 0.717) is 16.7 Å². The van der Waals surface area contributed by atoms with Gasteiger partial charge in [-0.3, -0.25) is 14.5 Å². The highest BCUT2D eigenvalue weighted by molar-refractivity contribution is 8.15. The molecule has 0 aliphatic carbocycles. The maximum absolute atomic E-state index is 12.9. The van der Waals surface area contributed by atoms with E-state index < -0.39 is 6.36 Å². The zero-order valence-corrected chi connectivity index (χ0v) is 26.9. The van der Waals surface area contributed by atoms with E-state index in [-0.39, 0.29) is 35.0 Å². The first-order valence-corrected chi connectivity index (χ1v) is 15.4. The summed E-state index contributed by atoms with van der Waals surface area (Å²) in [7, 11) is 3.90. The highest BCUT2D eigenvalue weighted by Crippen LogP contribution is 2.36. The molecule has 1 aliphatic heterocycles. The second-order valence-corrected chi connectivity index (χ2v) is 12.0. The van der Waals surface area contributed by atoms with Gasteiger partial charge in [0, 0.05) is 25.3 Å². The van der Waals surface area contributed by atoms with Crippen molar-refractivity contribution < 1.29 is 27.5 Å². The molecule has 0 saturated carbocycles. The summed E-state index contributed by atoms with van der Waals surface area (Å²) in [5.41, 5.74) is 7.55. The summed E-state index contributed by atoms with van der Waals surface area (Å²) >= 11 is 6.72. The lowest BCUT2D eigenvalue weighted by Crippen LogP contribution is -2.32. The minimum atomic E-state index is -4.76. The normalized spacial score (nSPS) is 14.3. The number of aliphatic imine (C=N–C) groups is 1. The molecule has 46 heavy (non-hydrogen) atoms. The van der Waals surface area contributed by atoms with Crippen LogP contribution in [-0.2, 0) is 16.2 Å². The fraction of sp³-hybridized carbons (Fsp3) is 0.258. The standard InChI is InChI=1S/C31H30F3N7O3S2/c1-19(2)25-14-11-23(39(3)4)15-26(25)41-27(42)17-46-30(41)36-29(45)38-43-16-20-5-7-21(8-6-20)28-35-18-40(37-28)22-9-12-24(13-10-22)44-31(32,33)34/h5-15,18-19H,16-17H2,1-4H3,(H,38,45)/b36-30-. The molecule has 1 N–H and O–H groups in total. The average molecular weight is 670 g/mol. The number of rotatable bonds is 9. The Bertz CT molecular complexity index is 1740. The highest BCUT2D eigenvalue weighted by atomic mass is 32.2. The minimum absolute atomic E-state index is 0.0712. The zero-order valence-electron chi connectivity index (χ0n) is 25.3. The van der Waals surface area contributed by atoms with Gasteiger partial charge in [-0.1, -0.05) is 55.9 Å². The number of nitrogens with one attached hydrogen (secondary N) is 1. The number of hydroxylamine groups is 1. The van der Waals surface area contributed by atoms with Crippen LogP contribution in [0.1, 0.15) is 30.9 Å². The number of thiocarbonyl (C=S) groups is 1. The number of hydrogen-bond acceptors (Lipinski definition) is 8. The van der Waals surface area contributed by atoms with Crippen molar-refractivity contribution in [1.82, 2.24) is 20.2 Å². The first kappa shape index (κ1) is 32.9. The summed E-state index contributed by atoms with van der Waals surface area (Å²) in [6, 6.07) is 18.7. The predicted octanol–water partition coefficient (Wildman–Crippen LogP) is 6.46. The molecular formula is C31H30F3N7O3S2. The van der Waals surface area contributed by atoms with E-state index in [1.807, 2.05) is 61.5 Å². The Labute approximate surface area is 273 Å². The number of amides is 1. The van der Waals surface area contributed by atoms with E-state index in [1.54, 1.807) is 4.90 Å². The van der Waals surface area contributed by atoms with Crippen LogP contribution in [-0.4, -0.2) is 57.2 Å². The second-order valence-electron chi connectivity index (χ2n) is 10.7. The van der Waals surface area contributed by atoms with Gasteiger partial charge in [-0.2, -0.15) is 4.99 Å². The molecule has 0 unspecified atom stereocenters. The van der Waals surface area contributed by atoms with E-state index in [2.05, 4.69) is 39.1 Å². The number of anilines is 2. The summed E-state index contributed by atoms with van der Waals surface area (Å²) < 4.78 is 42.6. The van der Waals surface area contributed by atoms with Gasteiger partial charge in [0.25, 0.3) is 0 Å². The van der Waals surface area contributed by atoms with Crippen molar-refractivity contribution in [3.8, 4) is 22.8 Å². The lowest BCUT2D eigenvalue weighted by atomic mass is 9.99. The maximum Gasteiger partial charge on any atom is 0.573 e. The first-order valence-electron chi connectivity index (χ1n) is 14.0. The number of benzene rings is 3. The van der Waals surface area contributed by atoms with Crippen molar-refractivity contribution >= 4 is 51.5 Å². The molecule has 240 valence electrons. The van der Waals surface area contributed by atoms with Crippen LogP contribution in [0.5, 0.6) is 5.75 Å². The number of amidine groups is 1. The van der Waals surface area contributed by atoms with Crippen molar-refractivity contribution in [2.24, 2.45) is 4.99 Å².